The molecule has 1 saturated heterocycles. The van der Waals surface area contributed by atoms with E-state index in [0.717, 1.165) is 43.5 Å². The first-order valence-corrected chi connectivity index (χ1v) is 7.94. The number of nitrogens with two attached hydrogens (primary N) is 1. The zero-order valence-corrected chi connectivity index (χ0v) is 12.5. The second kappa shape index (κ2) is 5.57. The summed E-state index contributed by atoms with van der Waals surface area (Å²) in [6.45, 7) is 1.83. The van der Waals surface area contributed by atoms with E-state index in [2.05, 4.69) is 36.4 Å². The fraction of sp³-hybridized carbons (Fsp3) is 0.533. The van der Waals surface area contributed by atoms with E-state index >= 15 is 0 Å². The van der Waals surface area contributed by atoms with Gasteiger partial charge in [-0.3, -0.25) is 5.10 Å². The molecule has 7 nitrogen and oxygen atoms in total. The van der Waals surface area contributed by atoms with Gasteiger partial charge in [-0.25, -0.2) is 4.98 Å². The highest BCUT2D eigenvalue weighted by atomic mass is 15.3. The molecule has 3 heterocycles. The number of nitrogens with one attached hydrogen (secondary N) is 2. The summed E-state index contributed by atoms with van der Waals surface area (Å²) >= 11 is 0. The maximum Gasteiger partial charge on any atom is 0.227 e. The van der Waals surface area contributed by atoms with Gasteiger partial charge in [0, 0.05) is 43.0 Å². The third kappa shape index (κ3) is 2.89. The Morgan fingerprint density at radius 3 is 2.77 bits per heavy atom. The molecule has 2 aliphatic rings. The number of hydrogen-bond donors (Lipinski definition) is 3. The summed E-state index contributed by atoms with van der Waals surface area (Å²) in [5.41, 5.74) is 7.16. The fourth-order valence-electron chi connectivity index (χ4n) is 2.81. The molecule has 22 heavy (non-hydrogen) atoms. The van der Waals surface area contributed by atoms with Gasteiger partial charge in [0.2, 0.25) is 5.95 Å². The van der Waals surface area contributed by atoms with Gasteiger partial charge >= 0.3 is 0 Å². The van der Waals surface area contributed by atoms with Crippen LogP contribution in [-0.2, 0) is 0 Å². The smallest absolute Gasteiger partial charge is 0.227 e. The third-order valence-electron chi connectivity index (χ3n) is 4.34. The normalized spacial score (nSPS) is 19.4. The van der Waals surface area contributed by atoms with Crippen molar-refractivity contribution in [2.75, 3.05) is 23.3 Å². The molecule has 1 aliphatic carbocycles. The Morgan fingerprint density at radius 2 is 2.00 bits per heavy atom. The molecule has 4 rings (SSSR count). The van der Waals surface area contributed by atoms with Crippen molar-refractivity contribution in [2.45, 2.75) is 37.6 Å². The quantitative estimate of drug-likeness (QED) is 0.796. The first-order chi connectivity index (χ1) is 10.8. The van der Waals surface area contributed by atoms with Crippen LogP contribution in [0.25, 0.3) is 0 Å². The van der Waals surface area contributed by atoms with Gasteiger partial charge in [-0.1, -0.05) is 0 Å². The van der Waals surface area contributed by atoms with E-state index < -0.39 is 0 Å². The first-order valence-electron chi connectivity index (χ1n) is 7.94. The topological polar surface area (TPSA) is 95.8 Å². The number of aromatic amines is 1. The number of hydrogen-bond acceptors (Lipinski definition) is 6. The molecule has 0 amide bonds. The number of nitrogens with zero attached hydrogens (tertiary/aromatic N) is 4. The number of piperidine rings is 1. The Morgan fingerprint density at radius 1 is 1.18 bits per heavy atom. The molecule has 0 aromatic carbocycles. The molecule has 0 radical (unpaired) electrons. The van der Waals surface area contributed by atoms with Crippen LogP contribution in [0.4, 0.5) is 17.6 Å². The average molecular weight is 299 g/mol. The van der Waals surface area contributed by atoms with Gasteiger partial charge in [-0.05, 0) is 31.7 Å². The molecule has 1 saturated carbocycles. The molecule has 7 heteroatoms. The number of anilines is 3. The van der Waals surface area contributed by atoms with E-state index in [0.29, 0.717) is 12.0 Å². The molecular weight excluding hydrogens is 278 g/mol. The molecular formula is C15H21N7. The molecule has 0 atom stereocenters. The van der Waals surface area contributed by atoms with Crippen LogP contribution < -0.4 is 16.0 Å². The van der Waals surface area contributed by atoms with Gasteiger partial charge in [0.25, 0.3) is 0 Å². The maximum atomic E-state index is 5.95. The van der Waals surface area contributed by atoms with E-state index in [-0.39, 0.29) is 0 Å². The molecule has 2 fully saturated rings. The fourth-order valence-corrected chi connectivity index (χ4v) is 2.81. The van der Waals surface area contributed by atoms with Crippen molar-refractivity contribution >= 4 is 17.6 Å². The third-order valence-corrected chi connectivity index (χ3v) is 4.34. The summed E-state index contributed by atoms with van der Waals surface area (Å²) in [7, 11) is 0. The van der Waals surface area contributed by atoms with Crippen molar-refractivity contribution < 1.29 is 0 Å². The highest BCUT2D eigenvalue weighted by molar-refractivity contribution is 5.53. The maximum absolute atomic E-state index is 5.95. The van der Waals surface area contributed by atoms with Crippen molar-refractivity contribution in [1.82, 2.24) is 20.2 Å². The lowest BCUT2D eigenvalue weighted by atomic mass is 10.1. The Bertz CT molecular complexity index is 641. The Kier molecular flexibility index (Phi) is 3.42. The van der Waals surface area contributed by atoms with Crippen LogP contribution in [0.3, 0.4) is 0 Å². The Balaban J connectivity index is 1.46. The lowest BCUT2D eigenvalue weighted by molar-refractivity contribution is 0.495. The van der Waals surface area contributed by atoms with Crippen LogP contribution in [0.2, 0.25) is 0 Å². The Hall–Kier alpha value is -2.15. The number of rotatable bonds is 4. The first kappa shape index (κ1) is 13.5. The van der Waals surface area contributed by atoms with Gasteiger partial charge in [-0.2, -0.15) is 10.1 Å². The summed E-state index contributed by atoms with van der Waals surface area (Å²) in [5.74, 6) is 3.01. The lowest BCUT2D eigenvalue weighted by Gasteiger charge is -2.30. The van der Waals surface area contributed by atoms with Crippen molar-refractivity contribution in [3.8, 4) is 0 Å². The SMILES string of the molecule is NC1CCN(c2nccc(Nc3cc(C4CC4)[nH]n3)n2)CC1. The molecule has 1 aliphatic heterocycles. The van der Waals surface area contributed by atoms with E-state index in [1.54, 1.807) is 6.20 Å². The van der Waals surface area contributed by atoms with Crippen molar-refractivity contribution in [3.05, 3.63) is 24.0 Å². The predicted octanol–water partition coefficient (Wildman–Crippen LogP) is 1.75. The highest BCUT2D eigenvalue weighted by Gasteiger charge is 2.25. The summed E-state index contributed by atoms with van der Waals surface area (Å²) in [4.78, 5) is 11.2. The largest absolute Gasteiger partial charge is 0.341 e. The lowest BCUT2D eigenvalue weighted by Crippen LogP contribution is -2.40. The molecule has 0 spiro atoms. The minimum absolute atomic E-state index is 0.308. The van der Waals surface area contributed by atoms with Crippen LogP contribution >= 0.6 is 0 Å². The highest BCUT2D eigenvalue weighted by Crippen LogP contribution is 2.39. The number of aromatic nitrogens is 4. The predicted molar refractivity (Wildman–Crippen MR) is 85.3 cm³/mol. The minimum Gasteiger partial charge on any atom is -0.341 e. The molecule has 2 aromatic rings. The van der Waals surface area contributed by atoms with Crippen molar-refractivity contribution in [3.63, 3.8) is 0 Å². The monoisotopic (exact) mass is 299 g/mol. The second-order valence-electron chi connectivity index (χ2n) is 6.17. The van der Waals surface area contributed by atoms with Crippen molar-refractivity contribution in [1.29, 1.82) is 0 Å². The van der Waals surface area contributed by atoms with Gasteiger partial charge in [0.05, 0.1) is 0 Å². The van der Waals surface area contributed by atoms with Crippen LogP contribution in [-0.4, -0.2) is 39.3 Å². The minimum atomic E-state index is 0.308. The van der Waals surface area contributed by atoms with E-state index in [9.17, 15) is 0 Å². The summed E-state index contributed by atoms with van der Waals surface area (Å²) in [6.07, 6.45) is 6.29. The zero-order chi connectivity index (χ0) is 14.9. The van der Waals surface area contributed by atoms with E-state index in [1.165, 1.54) is 18.5 Å². The number of H-pyrrole nitrogens is 1. The zero-order valence-electron chi connectivity index (χ0n) is 12.5. The van der Waals surface area contributed by atoms with Gasteiger partial charge in [0.15, 0.2) is 5.82 Å². The molecule has 116 valence electrons. The van der Waals surface area contributed by atoms with Crippen LogP contribution in [0.5, 0.6) is 0 Å². The molecule has 4 N–H and O–H groups in total. The van der Waals surface area contributed by atoms with Gasteiger partial charge in [0.1, 0.15) is 5.82 Å². The van der Waals surface area contributed by atoms with Gasteiger partial charge in [-0.15, -0.1) is 0 Å². The van der Waals surface area contributed by atoms with E-state index in [4.69, 9.17) is 5.73 Å². The van der Waals surface area contributed by atoms with Crippen LogP contribution in [0, 0.1) is 0 Å². The molecule has 0 bridgehead atoms. The standard InChI is InChI=1S/C15H21N7/c16-11-4-7-22(8-5-11)15-17-6-3-13(19-15)18-14-9-12(20-21-14)10-1-2-10/h3,6,9-11H,1-2,4-5,7-8,16H2,(H2,17,18,19,20,21). The molecule has 2 aromatic heterocycles. The summed E-state index contributed by atoms with van der Waals surface area (Å²) in [5, 5.41) is 10.6. The van der Waals surface area contributed by atoms with Crippen LogP contribution in [0.15, 0.2) is 18.3 Å². The van der Waals surface area contributed by atoms with Gasteiger partial charge < -0.3 is 16.0 Å². The second-order valence-corrected chi connectivity index (χ2v) is 6.17. The van der Waals surface area contributed by atoms with Crippen LogP contribution in [0.1, 0.15) is 37.3 Å². The summed E-state index contributed by atoms with van der Waals surface area (Å²) < 4.78 is 0. The average Bonchev–Trinajstić information content (AvgIpc) is 3.29. The summed E-state index contributed by atoms with van der Waals surface area (Å²) in [6, 6.07) is 4.24. The molecule has 0 unspecified atom stereocenters. The Labute approximate surface area is 129 Å². The van der Waals surface area contributed by atoms with E-state index in [1.807, 2.05) is 6.07 Å². The van der Waals surface area contributed by atoms with Crippen molar-refractivity contribution in [2.24, 2.45) is 5.73 Å².